The molecule has 0 radical (unpaired) electrons. The van der Waals surface area contributed by atoms with E-state index < -0.39 is 0 Å². The van der Waals surface area contributed by atoms with Gasteiger partial charge in [-0.15, -0.1) is 0 Å². The van der Waals surface area contributed by atoms with Crippen molar-refractivity contribution in [3.05, 3.63) is 69.7 Å². The molecule has 19 heavy (non-hydrogen) atoms. The van der Waals surface area contributed by atoms with Crippen molar-refractivity contribution in [2.24, 2.45) is 4.99 Å². The van der Waals surface area contributed by atoms with Gasteiger partial charge in [0.15, 0.2) is 0 Å². The summed E-state index contributed by atoms with van der Waals surface area (Å²) in [4.78, 5) is 4.23. The van der Waals surface area contributed by atoms with E-state index in [1.807, 2.05) is 48.5 Å². The number of halogens is 2. The molecule has 2 rings (SSSR count). The van der Waals surface area contributed by atoms with Gasteiger partial charge in [-0.2, -0.15) is 0 Å². The monoisotopic (exact) mass is 287 g/mol. The second kappa shape index (κ2) is 6.99. The van der Waals surface area contributed by atoms with Crippen molar-refractivity contribution in [3.8, 4) is 11.8 Å². The van der Waals surface area contributed by atoms with E-state index in [1.54, 1.807) is 6.21 Å². The van der Waals surface area contributed by atoms with E-state index in [0.29, 0.717) is 16.6 Å². The average Bonchev–Trinajstić information content (AvgIpc) is 2.38. The smallest absolute Gasteiger partial charge is 0.100 e. The van der Waals surface area contributed by atoms with Crippen LogP contribution in [0.25, 0.3) is 0 Å². The van der Waals surface area contributed by atoms with Crippen LogP contribution >= 0.6 is 23.2 Å². The zero-order valence-corrected chi connectivity index (χ0v) is 11.6. The lowest BCUT2D eigenvalue weighted by Gasteiger charge is -1.92. The van der Waals surface area contributed by atoms with Gasteiger partial charge < -0.3 is 0 Å². The van der Waals surface area contributed by atoms with Gasteiger partial charge in [0, 0.05) is 21.8 Å². The number of aliphatic imine (C=N–C) groups is 1. The molecule has 0 fully saturated rings. The maximum Gasteiger partial charge on any atom is 0.100 e. The molecule has 0 spiro atoms. The Hall–Kier alpha value is -1.75. The molecule has 0 saturated carbocycles. The predicted molar refractivity (Wildman–Crippen MR) is 82.2 cm³/mol. The van der Waals surface area contributed by atoms with Crippen LogP contribution in [0.5, 0.6) is 0 Å². The second-order valence-corrected chi connectivity index (χ2v) is 4.71. The van der Waals surface area contributed by atoms with Gasteiger partial charge in [-0.3, -0.25) is 4.99 Å². The summed E-state index contributed by atoms with van der Waals surface area (Å²) in [5.41, 5.74) is 1.86. The lowest BCUT2D eigenvalue weighted by atomic mass is 10.2. The zero-order valence-electron chi connectivity index (χ0n) is 10.1. The van der Waals surface area contributed by atoms with E-state index in [1.165, 1.54) is 0 Å². The fourth-order valence-electron chi connectivity index (χ4n) is 1.49. The van der Waals surface area contributed by atoms with Crippen LogP contribution in [0.15, 0.2) is 53.5 Å². The van der Waals surface area contributed by atoms with Gasteiger partial charge in [-0.05, 0) is 35.9 Å². The van der Waals surface area contributed by atoms with Crippen molar-refractivity contribution >= 4 is 29.4 Å². The quantitative estimate of drug-likeness (QED) is 0.571. The first-order valence-electron chi connectivity index (χ1n) is 5.74. The van der Waals surface area contributed by atoms with Gasteiger partial charge in [-0.25, -0.2) is 0 Å². The van der Waals surface area contributed by atoms with Crippen LogP contribution in [0.1, 0.15) is 11.1 Å². The minimum absolute atomic E-state index is 0.443. The van der Waals surface area contributed by atoms with E-state index in [-0.39, 0.29) is 0 Å². The van der Waals surface area contributed by atoms with Crippen LogP contribution in [0.2, 0.25) is 10.0 Å². The number of benzene rings is 2. The van der Waals surface area contributed by atoms with Crippen molar-refractivity contribution in [1.82, 2.24) is 0 Å². The molecule has 0 amide bonds. The van der Waals surface area contributed by atoms with Crippen molar-refractivity contribution in [3.63, 3.8) is 0 Å². The van der Waals surface area contributed by atoms with Crippen LogP contribution in [-0.2, 0) is 0 Å². The third kappa shape index (κ3) is 4.79. The van der Waals surface area contributed by atoms with E-state index in [0.717, 1.165) is 11.1 Å². The number of hydrogen-bond acceptors (Lipinski definition) is 1. The molecule has 0 unspecified atom stereocenters. The maximum atomic E-state index is 5.88. The lowest BCUT2D eigenvalue weighted by Crippen LogP contribution is -1.82. The molecule has 0 bridgehead atoms. The zero-order chi connectivity index (χ0) is 13.5. The summed E-state index contributed by atoms with van der Waals surface area (Å²) >= 11 is 11.7. The van der Waals surface area contributed by atoms with Crippen molar-refractivity contribution in [2.75, 3.05) is 6.54 Å². The summed E-state index contributed by atoms with van der Waals surface area (Å²) in [7, 11) is 0. The van der Waals surface area contributed by atoms with Crippen LogP contribution in [0.4, 0.5) is 0 Å². The highest BCUT2D eigenvalue weighted by molar-refractivity contribution is 6.31. The Labute approximate surface area is 122 Å². The maximum absolute atomic E-state index is 5.88. The molecule has 0 aromatic heterocycles. The van der Waals surface area contributed by atoms with Crippen LogP contribution < -0.4 is 0 Å². The normalized spacial score (nSPS) is 10.2. The first-order valence-corrected chi connectivity index (χ1v) is 6.49. The first-order chi connectivity index (χ1) is 9.24. The SMILES string of the molecule is Clc1cccc(C#CCN=Cc2cccc(Cl)c2)c1. The van der Waals surface area contributed by atoms with E-state index in [4.69, 9.17) is 23.2 Å². The minimum Gasteiger partial charge on any atom is -0.280 e. The summed E-state index contributed by atoms with van der Waals surface area (Å²) < 4.78 is 0. The summed E-state index contributed by atoms with van der Waals surface area (Å²) in [6.45, 7) is 0.443. The Morgan fingerprint density at radius 3 is 2.47 bits per heavy atom. The third-order valence-electron chi connectivity index (χ3n) is 2.32. The largest absolute Gasteiger partial charge is 0.280 e. The van der Waals surface area contributed by atoms with Crippen molar-refractivity contribution in [2.45, 2.75) is 0 Å². The molecular formula is C16H11Cl2N. The topological polar surface area (TPSA) is 12.4 Å². The average molecular weight is 288 g/mol. The Kier molecular flexibility index (Phi) is 5.03. The van der Waals surface area contributed by atoms with Gasteiger partial charge in [-0.1, -0.05) is 53.2 Å². The molecule has 0 aliphatic carbocycles. The lowest BCUT2D eigenvalue weighted by molar-refractivity contribution is 1.30. The number of nitrogens with zero attached hydrogens (tertiary/aromatic N) is 1. The summed E-state index contributed by atoms with van der Waals surface area (Å²) in [5, 5.41) is 1.39. The van der Waals surface area contributed by atoms with Gasteiger partial charge in [0.2, 0.25) is 0 Å². The first kappa shape index (κ1) is 13.7. The summed E-state index contributed by atoms with van der Waals surface area (Å²) in [5.74, 6) is 5.98. The van der Waals surface area contributed by atoms with Crippen LogP contribution in [0.3, 0.4) is 0 Å². The Bertz CT molecular complexity index is 651. The molecular weight excluding hydrogens is 277 g/mol. The minimum atomic E-state index is 0.443. The number of hydrogen-bond donors (Lipinski definition) is 0. The Morgan fingerprint density at radius 1 is 1.00 bits per heavy atom. The molecule has 0 atom stereocenters. The van der Waals surface area contributed by atoms with Crippen molar-refractivity contribution < 1.29 is 0 Å². The molecule has 2 aromatic rings. The molecule has 2 aromatic carbocycles. The van der Waals surface area contributed by atoms with Crippen LogP contribution in [-0.4, -0.2) is 12.8 Å². The molecule has 3 heteroatoms. The molecule has 0 N–H and O–H groups in total. The fourth-order valence-corrected chi connectivity index (χ4v) is 1.88. The Morgan fingerprint density at radius 2 is 1.74 bits per heavy atom. The molecule has 0 heterocycles. The standard InChI is InChI=1S/C16H11Cl2N/c17-15-7-1-4-13(10-15)6-3-9-19-12-14-5-2-8-16(18)11-14/h1-2,4-5,7-8,10-12H,9H2. The van der Waals surface area contributed by atoms with Gasteiger partial charge in [0.1, 0.15) is 6.54 Å². The van der Waals surface area contributed by atoms with E-state index >= 15 is 0 Å². The summed E-state index contributed by atoms with van der Waals surface area (Å²) in [6.07, 6.45) is 1.76. The molecule has 0 aliphatic rings. The highest BCUT2D eigenvalue weighted by atomic mass is 35.5. The van der Waals surface area contributed by atoms with Gasteiger partial charge >= 0.3 is 0 Å². The molecule has 0 aliphatic heterocycles. The number of rotatable bonds is 2. The van der Waals surface area contributed by atoms with Crippen LogP contribution in [0, 0.1) is 11.8 Å². The third-order valence-corrected chi connectivity index (χ3v) is 2.79. The van der Waals surface area contributed by atoms with E-state index in [9.17, 15) is 0 Å². The highest BCUT2D eigenvalue weighted by Crippen LogP contribution is 2.09. The van der Waals surface area contributed by atoms with Gasteiger partial charge in [0.25, 0.3) is 0 Å². The molecule has 94 valence electrons. The summed E-state index contributed by atoms with van der Waals surface area (Å²) in [6, 6.07) is 15.0. The molecule has 0 saturated heterocycles. The van der Waals surface area contributed by atoms with Gasteiger partial charge in [0.05, 0.1) is 0 Å². The van der Waals surface area contributed by atoms with E-state index in [2.05, 4.69) is 16.8 Å². The molecule has 1 nitrogen and oxygen atoms in total. The predicted octanol–water partition coefficient (Wildman–Crippen LogP) is 4.46. The van der Waals surface area contributed by atoms with Crippen molar-refractivity contribution in [1.29, 1.82) is 0 Å². The Balaban J connectivity index is 1.94. The highest BCUT2D eigenvalue weighted by Gasteiger charge is 1.89. The fraction of sp³-hybridized carbons (Fsp3) is 0.0625. The second-order valence-electron chi connectivity index (χ2n) is 3.84.